The number of aliphatic hydroxyl groups excluding tert-OH is 4. The molecule has 76 valence electrons. The van der Waals surface area contributed by atoms with E-state index in [1.54, 1.807) is 0 Å². The molecule has 0 aliphatic carbocycles. The Hall–Kier alpha value is -1.02. The van der Waals surface area contributed by atoms with Crippen LogP contribution in [0.4, 0.5) is 0 Å². The summed E-state index contributed by atoms with van der Waals surface area (Å²) in [6, 6.07) is 0. The van der Waals surface area contributed by atoms with Crippen molar-refractivity contribution < 1.29 is 35.1 Å². The van der Waals surface area contributed by atoms with E-state index in [2.05, 4.69) is 0 Å². The van der Waals surface area contributed by atoms with Crippen LogP contribution in [0.25, 0.3) is 0 Å². The molecule has 0 saturated carbocycles. The molecule has 0 rings (SSSR count). The molecule has 0 unspecified atom stereocenters. The highest BCUT2D eigenvalue weighted by Gasteiger charge is 2.33. The molecule has 0 aliphatic heterocycles. The second kappa shape index (κ2) is 4.87. The molecule has 0 bridgehead atoms. The molecule has 0 aliphatic rings. The van der Waals surface area contributed by atoms with E-state index in [9.17, 15) is 9.59 Å². The van der Waals surface area contributed by atoms with Crippen molar-refractivity contribution in [1.82, 2.24) is 0 Å². The number of hydrogen-bond acceptors (Lipinski definition) is 6. The highest BCUT2D eigenvalue weighted by molar-refractivity contribution is 5.73. The molecule has 0 aromatic carbocycles. The quantitative estimate of drug-likeness (QED) is 0.289. The van der Waals surface area contributed by atoms with E-state index in [1.165, 1.54) is 0 Å². The summed E-state index contributed by atoms with van der Waals surface area (Å²) >= 11 is 0. The van der Waals surface area contributed by atoms with Crippen molar-refractivity contribution in [2.45, 2.75) is 24.4 Å². The van der Waals surface area contributed by atoms with E-state index in [0.717, 1.165) is 0 Å². The largest absolute Gasteiger partial charge is 0.479 e. The second-order valence-electron chi connectivity index (χ2n) is 2.39. The van der Waals surface area contributed by atoms with Crippen molar-refractivity contribution in [2.24, 2.45) is 0 Å². The molecule has 0 spiro atoms. The third-order valence-corrected chi connectivity index (χ3v) is 1.42. The predicted octanol–water partition coefficient (Wildman–Crippen LogP) is -3.29. The lowest BCUT2D eigenvalue weighted by Crippen LogP contribution is -2.48. The summed E-state index contributed by atoms with van der Waals surface area (Å²) in [6.07, 6.45) is -8.39. The number of aldehydes is 1. The first-order valence-corrected chi connectivity index (χ1v) is 3.32. The fourth-order valence-corrected chi connectivity index (χ4v) is 0.615. The van der Waals surface area contributed by atoms with Crippen LogP contribution in [0.5, 0.6) is 0 Å². The Morgan fingerprint density at radius 1 is 1.08 bits per heavy atom. The summed E-state index contributed by atoms with van der Waals surface area (Å²) in [4.78, 5) is 20.0. The lowest BCUT2D eigenvalue weighted by molar-refractivity contribution is -0.163. The van der Waals surface area contributed by atoms with Crippen LogP contribution in [0.2, 0.25) is 0 Å². The predicted molar refractivity (Wildman–Crippen MR) is 37.7 cm³/mol. The molecule has 0 saturated heterocycles. The average molecular weight is 194 g/mol. The fraction of sp³-hybridized carbons (Fsp3) is 0.667. The lowest BCUT2D eigenvalue weighted by atomic mass is 10.0. The SMILES string of the molecule is O=C[C@H](O)[C@H](O)[C@H](O)[C@@H](O)C(=O)O. The number of aliphatic hydroxyl groups is 4. The Morgan fingerprint density at radius 2 is 1.54 bits per heavy atom. The molecule has 7 heteroatoms. The smallest absolute Gasteiger partial charge is 0.335 e. The summed E-state index contributed by atoms with van der Waals surface area (Å²) in [5.41, 5.74) is 0. The summed E-state index contributed by atoms with van der Waals surface area (Å²) in [6.45, 7) is 0. The molecule has 0 aromatic rings. The van der Waals surface area contributed by atoms with Gasteiger partial charge in [0.2, 0.25) is 0 Å². The van der Waals surface area contributed by atoms with E-state index in [1.807, 2.05) is 0 Å². The van der Waals surface area contributed by atoms with Crippen LogP contribution >= 0.6 is 0 Å². The Morgan fingerprint density at radius 3 is 1.85 bits per heavy atom. The van der Waals surface area contributed by atoms with Gasteiger partial charge in [-0.1, -0.05) is 0 Å². The summed E-state index contributed by atoms with van der Waals surface area (Å²) in [7, 11) is 0. The lowest BCUT2D eigenvalue weighted by Gasteiger charge is -2.21. The Balaban J connectivity index is 4.32. The van der Waals surface area contributed by atoms with E-state index in [4.69, 9.17) is 25.5 Å². The summed E-state index contributed by atoms with van der Waals surface area (Å²) < 4.78 is 0. The molecule has 13 heavy (non-hydrogen) atoms. The molecular formula is C6H10O7. The molecule has 0 radical (unpaired) electrons. The van der Waals surface area contributed by atoms with Gasteiger partial charge in [-0.3, -0.25) is 0 Å². The first-order chi connectivity index (χ1) is 5.91. The number of carbonyl (C=O) groups excluding carboxylic acids is 1. The van der Waals surface area contributed by atoms with Gasteiger partial charge in [0, 0.05) is 0 Å². The maximum atomic E-state index is 10.1. The molecule has 7 nitrogen and oxygen atoms in total. The second-order valence-corrected chi connectivity index (χ2v) is 2.39. The third-order valence-electron chi connectivity index (χ3n) is 1.42. The van der Waals surface area contributed by atoms with Crippen LogP contribution in [0.3, 0.4) is 0 Å². The van der Waals surface area contributed by atoms with Crippen LogP contribution in [0.1, 0.15) is 0 Å². The van der Waals surface area contributed by atoms with E-state index < -0.39 is 30.4 Å². The average Bonchev–Trinajstić information content (AvgIpc) is 2.12. The number of carbonyl (C=O) groups is 2. The number of rotatable bonds is 5. The molecule has 0 aromatic heterocycles. The van der Waals surface area contributed by atoms with Gasteiger partial charge >= 0.3 is 5.97 Å². The normalized spacial score (nSPS) is 20.0. The van der Waals surface area contributed by atoms with Gasteiger partial charge in [0.1, 0.15) is 18.3 Å². The summed E-state index contributed by atoms with van der Waals surface area (Å²) in [5, 5.41) is 43.2. The van der Waals surface area contributed by atoms with Crippen LogP contribution in [0, 0.1) is 0 Å². The molecule has 5 N–H and O–H groups in total. The van der Waals surface area contributed by atoms with Gasteiger partial charge in [-0.25, -0.2) is 4.79 Å². The highest BCUT2D eigenvalue weighted by atomic mass is 16.4. The maximum Gasteiger partial charge on any atom is 0.335 e. The van der Waals surface area contributed by atoms with Gasteiger partial charge in [-0.2, -0.15) is 0 Å². The zero-order valence-electron chi connectivity index (χ0n) is 6.44. The van der Waals surface area contributed by atoms with Crippen molar-refractivity contribution in [3.63, 3.8) is 0 Å². The minimum atomic E-state index is -2.25. The Kier molecular flexibility index (Phi) is 4.49. The van der Waals surface area contributed by atoms with Crippen LogP contribution < -0.4 is 0 Å². The molecular weight excluding hydrogens is 184 g/mol. The zero-order chi connectivity index (χ0) is 10.6. The first-order valence-electron chi connectivity index (χ1n) is 3.32. The van der Waals surface area contributed by atoms with Gasteiger partial charge < -0.3 is 30.3 Å². The number of hydrogen-bond donors (Lipinski definition) is 5. The monoisotopic (exact) mass is 194 g/mol. The number of carboxylic acid groups (broad SMARTS) is 1. The highest BCUT2D eigenvalue weighted by Crippen LogP contribution is 2.03. The molecule has 0 heterocycles. The molecule has 0 amide bonds. The van der Waals surface area contributed by atoms with E-state index in [-0.39, 0.29) is 6.29 Å². The van der Waals surface area contributed by atoms with Crippen molar-refractivity contribution in [2.75, 3.05) is 0 Å². The minimum Gasteiger partial charge on any atom is -0.479 e. The number of aliphatic carboxylic acids is 1. The van der Waals surface area contributed by atoms with Crippen molar-refractivity contribution in [1.29, 1.82) is 0 Å². The van der Waals surface area contributed by atoms with E-state index in [0.29, 0.717) is 0 Å². The van der Waals surface area contributed by atoms with Crippen LogP contribution in [-0.4, -0.2) is 62.2 Å². The first kappa shape index (κ1) is 12.0. The Labute approximate surface area is 72.9 Å². The zero-order valence-corrected chi connectivity index (χ0v) is 6.44. The van der Waals surface area contributed by atoms with E-state index >= 15 is 0 Å². The fourth-order valence-electron chi connectivity index (χ4n) is 0.615. The van der Waals surface area contributed by atoms with Gasteiger partial charge in [-0.15, -0.1) is 0 Å². The Bertz CT molecular complexity index is 191. The standard InChI is InChI=1S/C6H10O7/c7-1-2(8)3(9)4(10)5(11)6(12)13/h1-5,8-11H,(H,12,13)/t2-,3-,4-,5+/m0/s1. The van der Waals surface area contributed by atoms with Crippen LogP contribution in [-0.2, 0) is 9.59 Å². The van der Waals surface area contributed by atoms with Gasteiger partial charge in [0.25, 0.3) is 0 Å². The number of carboxylic acids is 1. The van der Waals surface area contributed by atoms with Crippen molar-refractivity contribution in [3.05, 3.63) is 0 Å². The van der Waals surface area contributed by atoms with Crippen LogP contribution in [0.15, 0.2) is 0 Å². The van der Waals surface area contributed by atoms with Gasteiger partial charge in [0.15, 0.2) is 12.4 Å². The summed E-state index contributed by atoms with van der Waals surface area (Å²) in [5.74, 6) is -1.76. The molecule has 4 atom stereocenters. The molecule has 0 fully saturated rings. The maximum absolute atomic E-state index is 10.1. The van der Waals surface area contributed by atoms with Gasteiger partial charge in [-0.05, 0) is 0 Å². The van der Waals surface area contributed by atoms with Crippen molar-refractivity contribution >= 4 is 12.3 Å². The van der Waals surface area contributed by atoms with Gasteiger partial charge in [0.05, 0.1) is 0 Å². The topological polar surface area (TPSA) is 135 Å². The minimum absolute atomic E-state index is 0.0809. The third kappa shape index (κ3) is 3.07. The van der Waals surface area contributed by atoms with Crippen molar-refractivity contribution in [3.8, 4) is 0 Å².